The van der Waals surface area contributed by atoms with E-state index in [1.807, 2.05) is 44.2 Å². The maximum Gasteiger partial charge on any atom is 0.329 e. The normalized spacial score (nSPS) is 21.6. The number of primary amides is 1. The minimum absolute atomic E-state index is 0.204. The average molecular weight is 1210 g/mol. The van der Waals surface area contributed by atoms with Gasteiger partial charge in [-0.15, -0.1) is 0 Å². The lowest BCUT2D eigenvalue weighted by molar-refractivity contribution is -0.157. The van der Waals surface area contributed by atoms with E-state index in [-0.39, 0.29) is 31.1 Å². The second-order valence-electron chi connectivity index (χ2n) is 23.8. The van der Waals surface area contributed by atoms with E-state index in [4.69, 9.17) is 16.2 Å². The van der Waals surface area contributed by atoms with Gasteiger partial charge in [-0.3, -0.25) is 52.7 Å². The van der Waals surface area contributed by atoms with Gasteiger partial charge in [-0.2, -0.15) is 0 Å². The third-order valence-electron chi connectivity index (χ3n) is 17.2. The molecule has 0 saturated carbocycles. The highest BCUT2D eigenvalue weighted by Crippen LogP contribution is 2.25. The summed E-state index contributed by atoms with van der Waals surface area (Å²) < 4.78 is 5.78. The largest absolute Gasteiger partial charge is 0.458 e. The van der Waals surface area contributed by atoms with Gasteiger partial charge in [0.2, 0.25) is 41.4 Å². The maximum atomic E-state index is 14.5. The first-order chi connectivity index (χ1) is 40.7. The van der Waals surface area contributed by atoms with Gasteiger partial charge in [0, 0.05) is 49.9 Å². The molecule has 484 valence electrons. The molecule has 86 heavy (non-hydrogen) atoms. The average Bonchev–Trinajstić information content (AvgIpc) is 3.52. The Bertz CT molecular complexity index is 2430. The van der Waals surface area contributed by atoms with Gasteiger partial charge in [-0.25, -0.2) is 4.79 Å². The first-order valence-corrected chi connectivity index (χ1v) is 31.0. The van der Waals surface area contributed by atoms with Crippen LogP contribution in [0.25, 0.3) is 0 Å². The molecular weight excluding hydrogens is 1110 g/mol. The smallest absolute Gasteiger partial charge is 0.329 e. The van der Waals surface area contributed by atoms with Crippen molar-refractivity contribution in [3.63, 3.8) is 0 Å². The van der Waals surface area contributed by atoms with Crippen LogP contribution in [0.4, 0.5) is 0 Å². The van der Waals surface area contributed by atoms with Crippen LogP contribution in [0.5, 0.6) is 0 Å². The fourth-order valence-corrected chi connectivity index (χ4v) is 10.3. The number of esters is 1. The molecule has 23 nitrogen and oxygen atoms in total. The fourth-order valence-electron chi connectivity index (χ4n) is 10.3. The van der Waals surface area contributed by atoms with Crippen molar-refractivity contribution in [1.29, 1.82) is 0 Å². The molecule has 0 aliphatic carbocycles. The van der Waals surface area contributed by atoms with Crippen molar-refractivity contribution in [2.75, 3.05) is 19.8 Å². The summed E-state index contributed by atoms with van der Waals surface area (Å²) in [5.41, 5.74) is 12.1. The van der Waals surface area contributed by atoms with Crippen LogP contribution in [0.15, 0.2) is 30.3 Å². The molecule has 2 rings (SSSR count). The molecule has 23 heteroatoms. The van der Waals surface area contributed by atoms with Gasteiger partial charge in [0.25, 0.3) is 0 Å². The molecule has 1 aromatic rings. The standard InChI is InChI=1S/C63H102N8O15/c1-12-35(6)45(32-48(74)46(25-26-52(65)78)66-59(81)43(33-72)30-50(76)53(36(7)13-2)68-58(80)42(16-5)29-41-22-18-17-19-23-41)61(83)69-54(37(8)14-3)51(77)31-44(34-73)60(82)71-56-40(11)86-63(85)55(38(9)15-4)70-62(84)47(24-20-21-27-64)67-57(79)39(10)28-49(56)75/h17-19,22-23,35-40,42-47,53-56,72-73H,12-16,20-21,24-34,64H2,1-11H3,(H2,65,78)(H,66,81)(H,67,79)(H,68,80)(H,69,83)(H,70,84)(H,71,82)/t35-,36+,37+,38+,39-,40+,42-,43+,44+,45-,46-,47+,53+,54+,55+,56-/m1/s1. The molecule has 1 aliphatic rings. The number of cyclic esters (lactones) is 1. The van der Waals surface area contributed by atoms with Crippen LogP contribution < -0.4 is 43.4 Å². The van der Waals surface area contributed by atoms with E-state index < -0.39 is 193 Å². The maximum absolute atomic E-state index is 14.5. The number of aliphatic hydroxyl groups excluding tert-OH is 2. The SMILES string of the molecule is CC[C@H](Cc1ccccc1)C(=O)N[C@H](C(=O)C[C@@H](CO)C(=O)N[C@H](CCC(N)=O)C(=O)C[C@@H](C(=O)N[C@H](C(=O)C[C@@H](CO)C(=O)N[C@H]1C(=O)C[C@@H](C)C(=O)N[C@@H](CCCCN)C(=O)N[C@@H]([C@@H](C)CC)C(=O)O[C@H]1C)[C@@H](C)CC)[C@H](C)CC)[C@@H](C)CC. The predicted octanol–water partition coefficient (Wildman–Crippen LogP) is 2.99. The Kier molecular flexibility index (Phi) is 34.0. The first-order valence-electron chi connectivity index (χ1n) is 31.0. The zero-order valence-corrected chi connectivity index (χ0v) is 52.7. The van der Waals surface area contributed by atoms with Crippen LogP contribution in [0, 0.1) is 53.3 Å². The van der Waals surface area contributed by atoms with Crippen molar-refractivity contribution in [3.05, 3.63) is 35.9 Å². The van der Waals surface area contributed by atoms with Crippen molar-refractivity contribution < 1.29 is 72.5 Å². The lowest BCUT2D eigenvalue weighted by atomic mass is 9.83. The fraction of sp³-hybridized carbons (Fsp3) is 0.714. The number of Topliss-reactive ketones (excluding diaryl/α,β-unsaturated/α-hetero) is 4. The van der Waals surface area contributed by atoms with E-state index >= 15 is 0 Å². The number of unbranched alkanes of at least 4 members (excludes halogenated alkanes) is 1. The van der Waals surface area contributed by atoms with Gasteiger partial charge in [0.1, 0.15) is 24.2 Å². The van der Waals surface area contributed by atoms with Crippen LogP contribution in [0.3, 0.4) is 0 Å². The number of rotatable bonds is 37. The number of carbonyl (C=O) groups excluding carboxylic acids is 12. The lowest BCUT2D eigenvalue weighted by Gasteiger charge is -2.30. The molecule has 0 radical (unpaired) electrons. The highest BCUT2D eigenvalue weighted by Gasteiger charge is 2.41. The molecule has 1 heterocycles. The summed E-state index contributed by atoms with van der Waals surface area (Å²) >= 11 is 0. The molecule has 1 saturated heterocycles. The molecule has 0 spiro atoms. The number of ether oxygens (including phenoxy) is 1. The first kappa shape index (κ1) is 75.6. The van der Waals surface area contributed by atoms with Crippen molar-refractivity contribution in [3.8, 4) is 0 Å². The predicted molar refractivity (Wildman–Crippen MR) is 323 cm³/mol. The number of nitrogens with two attached hydrogens (primary N) is 2. The summed E-state index contributed by atoms with van der Waals surface area (Å²) in [4.78, 5) is 166. The minimum atomic E-state index is -1.58. The van der Waals surface area contributed by atoms with Crippen LogP contribution in [-0.4, -0.2) is 143 Å². The number of amides is 7. The van der Waals surface area contributed by atoms with E-state index in [0.29, 0.717) is 57.9 Å². The summed E-state index contributed by atoms with van der Waals surface area (Å²) in [5.74, 6) is -15.8. The number of aliphatic hydroxyl groups is 2. The molecular formula is C63H102N8O15. The lowest BCUT2D eigenvalue weighted by Crippen LogP contribution is -2.55. The second kappa shape index (κ2) is 38.6. The number of hydrogen-bond acceptors (Lipinski definition) is 16. The van der Waals surface area contributed by atoms with E-state index in [9.17, 15) is 67.7 Å². The van der Waals surface area contributed by atoms with Crippen molar-refractivity contribution >= 4 is 70.5 Å². The van der Waals surface area contributed by atoms with Crippen LogP contribution in [0.2, 0.25) is 0 Å². The zero-order valence-electron chi connectivity index (χ0n) is 52.7. The number of carbonyl (C=O) groups is 12. The van der Waals surface area contributed by atoms with Gasteiger partial charge in [0.05, 0.1) is 43.2 Å². The van der Waals surface area contributed by atoms with Gasteiger partial charge < -0.3 is 58.3 Å². The molecule has 7 amide bonds. The van der Waals surface area contributed by atoms with Crippen LogP contribution in [-0.2, 0) is 68.7 Å². The molecule has 12 N–H and O–H groups in total. The van der Waals surface area contributed by atoms with Crippen molar-refractivity contribution in [2.24, 2.45) is 64.7 Å². The Morgan fingerprint density at radius 2 is 1.20 bits per heavy atom. The second-order valence-corrected chi connectivity index (χ2v) is 23.8. The van der Waals surface area contributed by atoms with E-state index in [0.717, 1.165) is 5.56 Å². The zero-order chi connectivity index (χ0) is 65.0. The van der Waals surface area contributed by atoms with Crippen LogP contribution in [0.1, 0.15) is 172 Å². The Morgan fingerprint density at radius 1 is 0.651 bits per heavy atom. The van der Waals surface area contributed by atoms with E-state index in [2.05, 4.69) is 31.9 Å². The van der Waals surface area contributed by atoms with E-state index in [1.165, 1.54) is 13.8 Å². The molecule has 16 atom stereocenters. The number of nitrogens with one attached hydrogen (secondary N) is 6. The summed E-state index contributed by atoms with van der Waals surface area (Å²) in [6.07, 6.45) is -0.338. The third-order valence-corrected chi connectivity index (χ3v) is 17.2. The highest BCUT2D eigenvalue weighted by molar-refractivity contribution is 5.99. The Balaban J connectivity index is 2.40. The molecule has 0 unspecified atom stereocenters. The topological polar surface area (TPSA) is 379 Å². The summed E-state index contributed by atoms with van der Waals surface area (Å²) in [5, 5.41) is 37.4. The number of hydrogen-bond donors (Lipinski definition) is 10. The van der Waals surface area contributed by atoms with Gasteiger partial charge in [-0.05, 0) is 81.2 Å². The molecule has 0 bridgehead atoms. The van der Waals surface area contributed by atoms with Gasteiger partial charge >= 0.3 is 5.97 Å². The number of ketones is 4. The highest BCUT2D eigenvalue weighted by atomic mass is 16.5. The Labute approximate surface area is 508 Å². The molecule has 1 aliphatic heterocycles. The van der Waals surface area contributed by atoms with Crippen molar-refractivity contribution in [1.82, 2.24) is 31.9 Å². The third kappa shape index (κ3) is 24.0. The number of benzene rings is 1. The van der Waals surface area contributed by atoms with Crippen molar-refractivity contribution in [2.45, 2.75) is 215 Å². The minimum Gasteiger partial charge on any atom is -0.458 e. The van der Waals surface area contributed by atoms with Crippen LogP contribution >= 0.6 is 0 Å². The summed E-state index contributed by atoms with van der Waals surface area (Å²) in [7, 11) is 0. The summed E-state index contributed by atoms with van der Waals surface area (Å²) in [6.45, 7) is 17.4. The summed E-state index contributed by atoms with van der Waals surface area (Å²) in [6, 6.07) is 1.90. The van der Waals surface area contributed by atoms with Gasteiger partial charge in [-0.1, -0.05) is 125 Å². The Morgan fingerprint density at radius 3 is 1.71 bits per heavy atom. The monoisotopic (exact) mass is 1210 g/mol. The quantitative estimate of drug-likeness (QED) is 0.0338. The Hall–Kier alpha value is -6.46. The molecule has 1 fully saturated rings. The van der Waals surface area contributed by atoms with Gasteiger partial charge in [0.15, 0.2) is 23.1 Å². The molecule has 0 aromatic heterocycles. The van der Waals surface area contributed by atoms with E-state index in [1.54, 1.807) is 48.5 Å². The molecule has 1 aromatic carbocycles.